The van der Waals surface area contributed by atoms with Crippen LogP contribution in [0.1, 0.15) is 0 Å². The highest BCUT2D eigenvalue weighted by atomic mass is 79.9. The molecule has 0 aliphatic carbocycles. The molecule has 0 amide bonds. The molecule has 0 saturated carbocycles. The number of nitrogens with zero attached hydrogens (tertiary/aromatic N) is 1. The summed E-state index contributed by atoms with van der Waals surface area (Å²) in [5.41, 5.74) is -0.0978. The molecule has 1 rings (SSSR count). The van der Waals surface area contributed by atoms with Crippen LogP contribution in [0, 0.1) is 0 Å². The maximum absolute atomic E-state index is 12.6. The zero-order valence-electron chi connectivity index (χ0n) is 12.5. The molecule has 0 fully saturated rings. The Morgan fingerprint density at radius 2 is 1.73 bits per heavy atom. The van der Waals surface area contributed by atoms with Crippen LogP contribution in [0.4, 0.5) is 5.82 Å². The molecule has 0 spiro atoms. The summed E-state index contributed by atoms with van der Waals surface area (Å²) >= 11 is 3.26. The molecule has 11 heteroatoms. The number of nitrogens with one attached hydrogen (secondary N) is 1. The number of anilines is 1. The summed E-state index contributed by atoms with van der Waals surface area (Å²) in [7, 11) is -2.49. The van der Waals surface area contributed by atoms with Gasteiger partial charge in [-0.1, -0.05) is 0 Å². The second-order valence-corrected chi connectivity index (χ2v) is 8.96. The van der Waals surface area contributed by atoms with Crippen molar-refractivity contribution >= 4 is 36.9 Å². The SMILES string of the molecule is COP(=O)(/C=C(\Nc1ccc(Br)cn1)P(=O)(OC)OC)OC. The van der Waals surface area contributed by atoms with E-state index < -0.39 is 15.2 Å². The lowest BCUT2D eigenvalue weighted by Gasteiger charge is -2.20. The van der Waals surface area contributed by atoms with Gasteiger partial charge >= 0.3 is 15.2 Å². The van der Waals surface area contributed by atoms with Crippen molar-refractivity contribution in [3.8, 4) is 0 Å². The van der Waals surface area contributed by atoms with Crippen LogP contribution in [-0.4, -0.2) is 33.4 Å². The first kappa shape index (κ1) is 19.5. The van der Waals surface area contributed by atoms with Crippen molar-refractivity contribution in [2.75, 3.05) is 33.8 Å². The minimum Gasteiger partial charge on any atom is -0.333 e. The molecular formula is C11H17BrN2O6P2. The second kappa shape index (κ2) is 8.36. The first-order valence-corrected chi connectivity index (χ1v) is 9.82. The predicted molar refractivity (Wildman–Crippen MR) is 86.9 cm³/mol. The summed E-state index contributed by atoms with van der Waals surface area (Å²) in [5.74, 6) is 1.40. The van der Waals surface area contributed by atoms with E-state index in [2.05, 4.69) is 26.2 Å². The summed E-state index contributed by atoms with van der Waals surface area (Å²) in [4.78, 5) is 4.08. The molecule has 8 nitrogen and oxygen atoms in total. The minimum absolute atomic E-state index is 0.0978. The minimum atomic E-state index is -3.73. The average Bonchev–Trinajstić information content (AvgIpc) is 2.55. The molecule has 1 heterocycles. The quantitative estimate of drug-likeness (QED) is 0.636. The molecule has 0 aliphatic heterocycles. The van der Waals surface area contributed by atoms with Gasteiger partial charge in [0.2, 0.25) is 0 Å². The Morgan fingerprint density at radius 3 is 2.14 bits per heavy atom. The van der Waals surface area contributed by atoms with Gasteiger partial charge in [-0.05, 0) is 28.1 Å². The highest BCUT2D eigenvalue weighted by Crippen LogP contribution is 2.60. The van der Waals surface area contributed by atoms with Crippen molar-refractivity contribution in [2.45, 2.75) is 0 Å². The fourth-order valence-electron chi connectivity index (χ4n) is 1.35. The normalized spacial score (nSPS) is 13.2. The maximum Gasteiger partial charge on any atom is 0.377 e. The molecule has 1 aromatic heterocycles. The smallest absolute Gasteiger partial charge is 0.333 e. The van der Waals surface area contributed by atoms with Gasteiger partial charge < -0.3 is 23.4 Å². The van der Waals surface area contributed by atoms with E-state index in [0.29, 0.717) is 5.82 Å². The summed E-state index contributed by atoms with van der Waals surface area (Å²) in [5, 5.41) is 2.76. The van der Waals surface area contributed by atoms with Gasteiger partial charge in [-0.25, -0.2) is 4.98 Å². The highest BCUT2D eigenvalue weighted by Gasteiger charge is 2.32. The molecule has 0 aliphatic rings. The number of halogens is 1. The van der Waals surface area contributed by atoms with Crippen molar-refractivity contribution in [1.82, 2.24) is 4.98 Å². The van der Waals surface area contributed by atoms with Crippen LogP contribution < -0.4 is 5.32 Å². The third kappa shape index (κ3) is 4.99. The summed E-state index contributed by atoms with van der Waals surface area (Å²) in [6, 6.07) is 3.35. The van der Waals surface area contributed by atoms with Gasteiger partial charge in [0.25, 0.3) is 0 Å². The van der Waals surface area contributed by atoms with Gasteiger partial charge in [0.05, 0.1) is 5.82 Å². The van der Waals surface area contributed by atoms with E-state index in [4.69, 9.17) is 18.1 Å². The summed E-state index contributed by atoms with van der Waals surface area (Å²) in [6.45, 7) is 0. The van der Waals surface area contributed by atoms with E-state index in [1.165, 1.54) is 34.6 Å². The Kier molecular flexibility index (Phi) is 7.41. The molecule has 124 valence electrons. The van der Waals surface area contributed by atoms with Crippen LogP contribution in [0.3, 0.4) is 0 Å². The number of hydrogen-bond acceptors (Lipinski definition) is 8. The number of pyridine rings is 1. The van der Waals surface area contributed by atoms with Crippen molar-refractivity contribution < 1.29 is 27.2 Å². The number of hydrogen-bond donors (Lipinski definition) is 1. The van der Waals surface area contributed by atoms with Crippen molar-refractivity contribution in [2.24, 2.45) is 0 Å². The van der Waals surface area contributed by atoms with Crippen molar-refractivity contribution in [3.63, 3.8) is 0 Å². The van der Waals surface area contributed by atoms with Crippen LogP contribution in [0.5, 0.6) is 0 Å². The Bertz CT molecular complexity index is 606. The fraction of sp³-hybridized carbons (Fsp3) is 0.364. The van der Waals surface area contributed by atoms with Gasteiger partial charge in [-0.15, -0.1) is 0 Å². The van der Waals surface area contributed by atoms with Gasteiger partial charge in [0.1, 0.15) is 11.3 Å². The van der Waals surface area contributed by atoms with Gasteiger partial charge in [0, 0.05) is 39.1 Å². The average molecular weight is 415 g/mol. The third-order valence-electron chi connectivity index (χ3n) is 2.55. The van der Waals surface area contributed by atoms with Crippen molar-refractivity contribution in [1.29, 1.82) is 0 Å². The second-order valence-electron chi connectivity index (χ2n) is 3.77. The molecule has 0 saturated heterocycles. The predicted octanol–water partition coefficient (Wildman–Crippen LogP) is 4.03. The zero-order valence-corrected chi connectivity index (χ0v) is 15.9. The maximum atomic E-state index is 12.6. The molecular weight excluding hydrogens is 398 g/mol. The topological polar surface area (TPSA) is 96.0 Å². The third-order valence-corrected chi connectivity index (χ3v) is 6.61. The van der Waals surface area contributed by atoms with Crippen LogP contribution in [-0.2, 0) is 27.2 Å². The van der Waals surface area contributed by atoms with Crippen LogP contribution in [0.15, 0.2) is 34.1 Å². The Hall–Kier alpha value is -0.530. The van der Waals surface area contributed by atoms with Gasteiger partial charge in [-0.2, -0.15) is 0 Å². The van der Waals surface area contributed by atoms with E-state index in [-0.39, 0.29) is 5.44 Å². The Morgan fingerprint density at radius 1 is 1.14 bits per heavy atom. The zero-order chi connectivity index (χ0) is 16.8. The monoisotopic (exact) mass is 414 g/mol. The van der Waals surface area contributed by atoms with Gasteiger partial charge in [-0.3, -0.25) is 9.13 Å². The standard InChI is InChI=1S/C11H17BrN2O6P2/c1-17-21(15,18-2)8-11(22(16,19-3)20-4)14-10-6-5-9(12)7-13-10/h5-8H,1-4H3,(H,13,14)/b11-8+. The summed E-state index contributed by atoms with van der Waals surface area (Å²) in [6.07, 6.45) is 1.54. The fourth-order valence-corrected chi connectivity index (χ4v) is 4.10. The molecule has 1 aromatic rings. The first-order chi connectivity index (χ1) is 10.3. The summed E-state index contributed by atoms with van der Waals surface area (Å²) < 4.78 is 45.1. The molecule has 0 unspecified atom stereocenters. The number of aromatic nitrogens is 1. The van der Waals surface area contributed by atoms with E-state index in [1.54, 1.807) is 12.1 Å². The molecule has 0 atom stereocenters. The highest BCUT2D eigenvalue weighted by molar-refractivity contribution is 9.10. The molecule has 0 aromatic carbocycles. The lowest BCUT2D eigenvalue weighted by Crippen LogP contribution is -2.06. The van der Waals surface area contributed by atoms with E-state index in [0.717, 1.165) is 10.3 Å². The van der Waals surface area contributed by atoms with Crippen LogP contribution in [0.2, 0.25) is 0 Å². The van der Waals surface area contributed by atoms with E-state index in [9.17, 15) is 9.13 Å². The largest absolute Gasteiger partial charge is 0.377 e. The molecule has 22 heavy (non-hydrogen) atoms. The molecule has 0 radical (unpaired) electrons. The molecule has 1 N–H and O–H groups in total. The Labute approximate surface area is 137 Å². The Balaban J connectivity index is 3.28. The van der Waals surface area contributed by atoms with Crippen LogP contribution in [0.25, 0.3) is 0 Å². The van der Waals surface area contributed by atoms with Crippen LogP contribution >= 0.6 is 31.1 Å². The lowest BCUT2D eigenvalue weighted by molar-refractivity contribution is 0.279. The van der Waals surface area contributed by atoms with Gasteiger partial charge in [0.15, 0.2) is 0 Å². The van der Waals surface area contributed by atoms with E-state index >= 15 is 0 Å². The number of rotatable bonds is 8. The first-order valence-electron chi connectivity index (χ1n) is 5.87. The molecule has 0 bridgehead atoms. The lowest BCUT2D eigenvalue weighted by atomic mass is 10.5. The van der Waals surface area contributed by atoms with Crippen molar-refractivity contribution in [3.05, 3.63) is 34.1 Å². The van der Waals surface area contributed by atoms with E-state index in [1.807, 2.05) is 0 Å².